The molecule has 4 heteroatoms. The molecular weight excluding hydrogens is 170 g/mol. The Hall–Kier alpha value is -0.900. The SMILES string of the molecule is COC1CCC(=O)N(C)C(=O)CC1. The van der Waals surface area contributed by atoms with Gasteiger partial charge < -0.3 is 4.74 Å². The summed E-state index contributed by atoms with van der Waals surface area (Å²) >= 11 is 0. The molecule has 1 saturated heterocycles. The van der Waals surface area contributed by atoms with Gasteiger partial charge in [0.05, 0.1) is 6.10 Å². The number of carbonyl (C=O) groups is 2. The van der Waals surface area contributed by atoms with Crippen molar-refractivity contribution in [2.24, 2.45) is 0 Å². The van der Waals surface area contributed by atoms with Crippen LogP contribution in [-0.4, -0.2) is 37.0 Å². The standard InChI is InChI=1S/C9H15NO3/c1-10-8(11)5-3-7(13-2)4-6-9(10)12/h7H,3-6H2,1-2H3. The Balaban J connectivity index is 2.59. The number of amides is 2. The van der Waals surface area contributed by atoms with Gasteiger partial charge in [-0.2, -0.15) is 0 Å². The van der Waals surface area contributed by atoms with E-state index in [-0.39, 0.29) is 17.9 Å². The van der Waals surface area contributed by atoms with E-state index in [9.17, 15) is 9.59 Å². The van der Waals surface area contributed by atoms with Crippen LogP contribution in [0, 0.1) is 0 Å². The normalized spacial score (nSPS) is 21.5. The Morgan fingerprint density at radius 1 is 1.23 bits per heavy atom. The van der Waals surface area contributed by atoms with Crippen molar-refractivity contribution in [2.45, 2.75) is 31.8 Å². The van der Waals surface area contributed by atoms with Crippen molar-refractivity contribution in [2.75, 3.05) is 14.2 Å². The van der Waals surface area contributed by atoms with Gasteiger partial charge >= 0.3 is 0 Å². The molecule has 0 atom stereocenters. The first-order valence-electron chi connectivity index (χ1n) is 4.47. The summed E-state index contributed by atoms with van der Waals surface area (Å²) in [4.78, 5) is 23.8. The third kappa shape index (κ3) is 2.52. The van der Waals surface area contributed by atoms with Crippen molar-refractivity contribution >= 4 is 11.8 Å². The number of methoxy groups -OCH3 is 1. The van der Waals surface area contributed by atoms with Crippen molar-refractivity contribution < 1.29 is 14.3 Å². The molecule has 0 aromatic heterocycles. The smallest absolute Gasteiger partial charge is 0.228 e. The predicted octanol–water partition coefficient (Wildman–Crippen LogP) is 0.560. The number of likely N-dealkylation sites (tertiary alicyclic amines) is 1. The first-order chi connectivity index (χ1) is 6.15. The molecular formula is C9H15NO3. The first kappa shape index (κ1) is 10.2. The maximum absolute atomic E-state index is 11.3. The first-order valence-corrected chi connectivity index (χ1v) is 4.47. The Kier molecular flexibility index (Phi) is 3.42. The summed E-state index contributed by atoms with van der Waals surface area (Å²) in [5.74, 6) is -0.210. The van der Waals surface area contributed by atoms with E-state index in [2.05, 4.69) is 0 Å². The summed E-state index contributed by atoms with van der Waals surface area (Å²) in [6.45, 7) is 0. The van der Waals surface area contributed by atoms with Crippen LogP contribution in [0.4, 0.5) is 0 Å². The highest BCUT2D eigenvalue weighted by atomic mass is 16.5. The van der Waals surface area contributed by atoms with Crippen molar-refractivity contribution in [3.8, 4) is 0 Å². The number of hydrogen-bond acceptors (Lipinski definition) is 3. The van der Waals surface area contributed by atoms with Crippen LogP contribution in [0.5, 0.6) is 0 Å². The molecule has 0 N–H and O–H groups in total. The van der Waals surface area contributed by atoms with E-state index in [1.165, 1.54) is 11.9 Å². The summed E-state index contributed by atoms with van der Waals surface area (Å²) in [6, 6.07) is 0. The van der Waals surface area contributed by atoms with E-state index < -0.39 is 0 Å². The number of hydrogen-bond donors (Lipinski definition) is 0. The molecule has 0 spiro atoms. The van der Waals surface area contributed by atoms with Crippen LogP contribution in [0.1, 0.15) is 25.7 Å². The summed E-state index contributed by atoms with van der Waals surface area (Å²) < 4.78 is 5.14. The highest BCUT2D eigenvalue weighted by Gasteiger charge is 2.22. The van der Waals surface area contributed by atoms with E-state index in [0.717, 1.165) is 0 Å². The molecule has 1 aliphatic heterocycles. The molecule has 0 radical (unpaired) electrons. The fourth-order valence-corrected chi connectivity index (χ4v) is 1.42. The Morgan fingerprint density at radius 3 is 2.08 bits per heavy atom. The quantitative estimate of drug-likeness (QED) is 0.561. The average Bonchev–Trinajstić information content (AvgIpc) is 2.14. The third-order valence-electron chi connectivity index (χ3n) is 2.44. The molecule has 1 heterocycles. The van der Waals surface area contributed by atoms with Gasteiger partial charge in [0.15, 0.2) is 0 Å². The summed E-state index contributed by atoms with van der Waals surface area (Å²) in [5.41, 5.74) is 0. The Bertz CT molecular complexity index is 195. The summed E-state index contributed by atoms with van der Waals surface area (Å²) in [7, 11) is 3.16. The lowest BCUT2D eigenvalue weighted by Crippen LogP contribution is -2.36. The van der Waals surface area contributed by atoms with Crippen LogP contribution in [0.2, 0.25) is 0 Å². The van der Waals surface area contributed by atoms with Gasteiger partial charge in [0.1, 0.15) is 0 Å². The van der Waals surface area contributed by atoms with Gasteiger partial charge in [-0.25, -0.2) is 0 Å². The molecule has 1 rings (SSSR count). The third-order valence-corrected chi connectivity index (χ3v) is 2.44. The van der Waals surface area contributed by atoms with Crippen LogP contribution in [-0.2, 0) is 14.3 Å². The van der Waals surface area contributed by atoms with Crippen LogP contribution < -0.4 is 0 Å². The number of imide groups is 1. The molecule has 0 saturated carbocycles. The molecule has 4 nitrogen and oxygen atoms in total. The molecule has 1 fully saturated rings. The van der Waals surface area contributed by atoms with Crippen molar-refractivity contribution in [1.82, 2.24) is 4.90 Å². The highest BCUT2D eigenvalue weighted by Crippen LogP contribution is 2.14. The van der Waals surface area contributed by atoms with Crippen LogP contribution >= 0.6 is 0 Å². The molecule has 2 amide bonds. The summed E-state index contributed by atoms with van der Waals surface area (Å²) in [6.07, 6.45) is 2.29. The van der Waals surface area contributed by atoms with E-state index in [1.807, 2.05) is 0 Å². The van der Waals surface area contributed by atoms with Gasteiger partial charge in [0.2, 0.25) is 11.8 Å². The van der Waals surface area contributed by atoms with Gasteiger partial charge in [-0.3, -0.25) is 14.5 Å². The van der Waals surface area contributed by atoms with E-state index in [1.54, 1.807) is 7.11 Å². The molecule has 0 bridgehead atoms. The molecule has 0 unspecified atom stereocenters. The van der Waals surface area contributed by atoms with Gasteiger partial charge in [-0.05, 0) is 12.8 Å². The number of ether oxygens (including phenoxy) is 1. The van der Waals surface area contributed by atoms with Gasteiger partial charge in [-0.1, -0.05) is 0 Å². The van der Waals surface area contributed by atoms with Crippen molar-refractivity contribution in [1.29, 1.82) is 0 Å². The van der Waals surface area contributed by atoms with Gasteiger partial charge in [-0.15, -0.1) is 0 Å². The van der Waals surface area contributed by atoms with Gasteiger partial charge in [0, 0.05) is 27.0 Å². The maximum atomic E-state index is 11.3. The largest absolute Gasteiger partial charge is 0.381 e. The fourth-order valence-electron chi connectivity index (χ4n) is 1.42. The van der Waals surface area contributed by atoms with Crippen molar-refractivity contribution in [3.05, 3.63) is 0 Å². The molecule has 0 aromatic rings. The highest BCUT2D eigenvalue weighted by molar-refractivity contribution is 5.95. The second-order valence-corrected chi connectivity index (χ2v) is 3.28. The van der Waals surface area contributed by atoms with Crippen LogP contribution in [0.15, 0.2) is 0 Å². The fraction of sp³-hybridized carbons (Fsp3) is 0.778. The molecule has 13 heavy (non-hydrogen) atoms. The van der Waals surface area contributed by atoms with E-state index in [0.29, 0.717) is 25.7 Å². The summed E-state index contributed by atoms with van der Waals surface area (Å²) in [5, 5.41) is 0. The lowest BCUT2D eigenvalue weighted by molar-refractivity contribution is -0.145. The number of nitrogens with zero attached hydrogens (tertiary/aromatic N) is 1. The Morgan fingerprint density at radius 2 is 1.69 bits per heavy atom. The zero-order valence-corrected chi connectivity index (χ0v) is 8.08. The second kappa shape index (κ2) is 4.37. The molecule has 74 valence electrons. The molecule has 0 aliphatic carbocycles. The number of carbonyl (C=O) groups excluding carboxylic acids is 2. The van der Waals surface area contributed by atoms with E-state index >= 15 is 0 Å². The van der Waals surface area contributed by atoms with Crippen molar-refractivity contribution in [3.63, 3.8) is 0 Å². The monoisotopic (exact) mass is 185 g/mol. The van der Waals surface area contributed by atoms with Crippen LogP contribution in [0.25, 0.3) is 0 Å². The second-order valence-electron chi connectivity index (χ2n) is 3.28. The minimum atomic E-state index is -0.105. The van der Waals surface area contributed by atoms with Gasteiger partial charge in [0.25, 0.3) is 0 Å². The molecule has 1 aliphatic rings. The number of rotatable bonds is 1. The van der Waals surface area contributed by atoms with Crippen LogP contribution in [0.3, 0.4) is 0 Å². The zero-order valence-electron chi connectivity index (χ0n) is 8.08. The minimum absolute atomic E-state index is 0.0570. The average molecular weight is 185 g/mol. The van der Waals surface area contributed by atoms with E-state index in [4.69, 9.17) is 4.74 Å². The topological polar surface area (TPSA) is 46.6 Å². The zero-order chi connectivity index (χ0) is 9.84. The minimum Gasteiger partial charge on any atom is -0.381 e. The maximum Gasteiger partial charge on any atom is 0.228 e. The molecule has 0 aromatic carbocycles. The predicted molar refractivity (Wildman–Crippen MR) is 47.0 cm³/mol. The lowest BCUT2D eigenvalue weighted by Gasteiger charge is -2.22. The Labute approximate surface area is 77.8 Å². The lowest BCUT2D eigenvalue weighted by atomic mass is 10.0.